The standard InChI is InChI=1S/C32H35BrN2O5/c1-4-35-23-8-6-10-25(36)30(23)29(31-24(35)9-7-11-26(31)37)20-16-22(33)32(27(17-20)39-5-2)40-18-28(38)34-21-14-12-19(3)13-15-21/h12-17,29H,4-11,18H2,1-3H3,(H,34,38). The maximum absolute atomic E-state index is 13.4. The van der Waals surface area contributed by atoms with Crippen molar-refractivity contribution in [3.8, 4) is 11.5 Å². The average Bonchev–Trinajstić information content (AvgIpc) is 2.93. The van der Waals surface area contributed by atoms with Gasteiger partial charge in [-0.3, -0.25) is 14.4 Å². The lowest BCUT2D eigenvalue weighted by Crippen LogP contribution is -2.39. The summed E-state index contributed by atoms with van der Waals surface area (Å²) in [7, 11) is 0. The number of benzene rings is 2. The van der Waals surface area contributed by atoms with E-state index in [1.54, 1.807) is 0 Å². The number of carbonyl (C=O) groups excluding carboxylic acids is 3. The lowest BCUT2D eigenvalue weighted by Gasteiger charge is -2.43. The molecule has 3 aliphatic rings. The molecular formula is C32H35BrN2O5. The molecule has 0 spiro atoms. The first-order chi connectivity index (χ1) is 19.3. The summed E-state index contributed by atoms with van der Waals surface area (Å²) in [6.07, 6.45) is 4.27. The predicted octanol–water partition coefficient (Wildman–Crippen LogP) is 6.61. The molecule has 0 aromatic heterocycles. The van der Waals surface area contributed by atoms with Crippen molar-refractivity contribution in [2.75, 3.05) is 25.1 Å². The monoisotopic (exact) mass is 606 g/mol. The lowest BCUT2D eigenvalue weighted by atomic mass is 9.71. The molecule has 0 bridgehead atoms. The van der Waals surface area contributed by atoms with Crippen molar-refractivity contribution in [2.45, 2.75) is 65.2 Å². The van der Waals surface area contributed by atoms with Crippen LogP contribution in [0, 0.1) is 6.92 Å². The van der Waals surface area contributed by atoms with Crippen LogP contribution in [0.4, 0.5) is 5.69 Å². The number of nitrogens with one attached hydrogen (secondary N) is 1. The first-order valence-corrected chi connectivity index (χ1v) is 14.9. The number of rotatable bonds is 8. The van der Waals surface area contributed by atoms with Crippen molar-refractivity contribution >= 4 is 39.1 Å². The lowest BCUT2D eigenvalue weighted by molar-refractivity contribution is -0.118. The number of Topliss-reactive ketones (excluding diaryl/α,β-unsaturated/α-hetero) is 2. The third-order valence-electron chi connectivity index (χ3n) is 7.75. The Kier molecular flexibility index (Phi) is 8.45. The molecule has 0 radical (unpaired) electrons. The molecule has 210 valence electrons. The van der Waals surface area contributed by atoms with Gasteiger partial charge in [-0.2, -0.15) is 0 Å². The van der Waals surface area contributed by atoms with Crippen LogP contribution in [-0.2, 0) is 14.4 Å². The Morgan fingerprint density at radius 3 is 2.15 bits per heavy atom. The zero-order valence-corrected chi connectivity index (χ0v) is 24.9. The van der Waals surface area contributed by atoms with Gasteiger partial charge in [-0.15, -0.1) is 0 Å². The van der Waals surface area contributed by atoms with Crippen LogP contribution in [0.2, 0.25) is 0 Å². The molecular weight excluding hydrogens is 572 g/mol. The normalized spacial score (nSPS) is 17.6. The van der Waals surface area contributed by atoms with E-state index in [-0.39, 0.29) is 24.1 Å². The van der Waals surface area contributed by atoms with E-state index in [4.69, 9.17) is 9.47 Å². The fraction of sp³-hybridized carbons (Fsp3) is 0.406. The molecule has 0 saturated carbocycles. The number of hydrogen-bond donors (Lipinski definition) is 1. The highest BCUT2D eigenvalue weighted by molar-refractivity contribution is 9.10. The Bertz CT molecular complexity index is 1370. The van der Waals surface area contributed by atoms with Gasteiger partial charge in [-0.1, -0.05) is 17.7 Å². The second-order valence-electron chi connectivity index (χ2n) is 10.4. The largest absolute Gasteiger partial charge is 0.490 e. The molecule has 0 atom stereocenters. The number of hydrogen-bond acceptors (Lipinski definition) is 6. The van der Waals surface area contributed by atoms with Gasteiger partial charge >= 0.3 is 0 Å². The summed E-state index contributed by atoms with van der Waals surface area (Å²) in [6, 6.07) is 11.3. The van der Waals surface area contributed by atoms with Gasteiger partial charge in [0.25, 0.3) is 5.91 Å². The van der Waals surface area contributed by atoms with Gasteiger partial charge < -0.3 is 19.7 Å². The minimum Gasteiger partial charge on any atom is -0.490 e. The van der Waals surface area contributed by atoms with Crippen LogP contribution < -0.4 is 14.8 Å². The van der Waals surface area contributed by atoms with Crippen molar-refractivity contribution in [1.82, 2.24) is 4.90 Å². The summed E-state index contributed by atoms with van der Waals surface area (Å²) in [6.45, 7) is 6.86. The van der Waals surface area contributed by atoms with Gasteiger partial charge in [0, 0.05) is 53.5 Å². The number of ether oxygens (including phenoxy) is 2. The first kappa shape index (κ1) is 28.1. The van der Waals surface area contributed by atoms with E-state index in [0.29, 0.717) is 41.1 Å². The highest BCUT2D eigenvalue weighted by Gasteiger charge is 2.43. The predicted molar refractivity (Wildman–Crippen MR) is 158 cm³/mol. The number of aryl methyl sites for hydroxylation is 1. The third kappa shape index (κ3) is 5.46. The smallest absolute Gasteiger partial charge is 0.262 e. The Labute approximate surface area is 243 Å². The quantitative estimate of drug-likeness (QED) is 0.364. The van der Waals surface area contributed by atoms with Crippen molar-refractivity contribution in [3.63, 3.8) is 0 Å². The van der Waals surface area contributed by atoms with Crippen LogP contribution in [0.5, 0.6) is 11.5 Å². The van der Waals surface area contributed by atoms with Crippen LogP contribution in [0.1, 0.15) is 69.4 Å². The van der Waals surface area contributed by atoms with E-state index >= 15 is 0 Å². The summed E-state index contributed by atoms with van der Waals surface area (Å²) >= 11 is 3.64. The number of nitrogens with zero attached hydrogens (tertiary/aromatic N) is 1. The summed E-state index contributed by atoms with van der Waals surface area (Å²) < 4.78 is 12.5. The molecule has 7 nitrogen and oxygen atoms in total. The van der Waals surface area contributed by atoms with E-state index in [9.17, 15) is 14.4 Å². The highest BCUT2D eigenvalue weighted by Crippen LogP contribution is 2.51. The summed E-state index contributed by atoms with van der Waals surface area (Å²) in [5.41, 5.74) is 6.20. The van der Waals surface area contributed by atoms with E-state index < -0.39 is 5.92 Å². The topological polar surface area (TPSA) is 84.9 Å². The van der Waals surface area contributed by atoms with E-state index in [2.05, 4.69) is 33.1 Å². The van der Waals surface area contributed by atoms with Gasteiger partial charge in [0.05, 0.1) is 11.1 Å². The highest BCUT2D eigenvalue weighted by atomic mass is 79.9. The molecule has 5 rings (SSSR count). The molecule has 0 saturated heterocycles. The van der Waals surface area contributed by atoms with Crippen LogP contribution in [0.3, 0.4) is 0 Å². The third-order valence-corrected chi connectivity index (χ3v) is 8.34. The molecule has 0 fully saturated rings. The Morgan fingerprint density at radius 2 is 1.57 bits per heavy atom. The zero-order chi connectivity index (χ0) is 28.4. The number of anilines is 1. The number of allylic oxidation sites excluding steroid dienone is 4. The zero-order valence-electron chi connectivity index (χ0n) is 23.3. The second-order valence-corrected chi connectivity index (χ2v) is 11.3. The van der Waals surface area contributed by atoms with Crippen LogP contribution in [-0.4, -0.2) is 42.1 Å². The Morgan fingerprint density at radius 1 is 0.950 bits per heavy atom. The molecule has 1 aliphatic heterocycles. The summed E-state index contributed by atoms with van der Waals surface area (Å²) in [5, 5.41) is 2.84. The van der Waals surface area contributed by atoms with Gasteiger partial charge in [0.2, 0.25) is 0 Å². The Balaban J connectivity index is 1.50. The molecule has 1 amide bonds. The van der Waals surface area contributed by atoms with Crippen molar-refractivity contribution in [2.24, 2.45) is 0 Å². The number of halogens is 1. The first-order valence-electron chi connectivity index (χ1n) is 14.1. The molecule has 2 aliphatic carbocycles. The summed E-state index contributed by atoms with van der Waals surface area (Å²) in [4.78, 5) is 41.7. The van der Waals surface area contributed by atoms with Gasteiger partial charge in [0.1, 0.15) is 0 Å². The Hall–Kier alpha value is -3.39. The fourth-order valence-corrected chi connectivity index (χ4v) is 6.64. The fourth-order valence-electron chi connectivity index (χ4n) is 6.06. The second kappa shape index (κ2) is 12.0. The van der Waals surface area contributed by atoms with E-state index in [1.165, 1.54) is 0 Å². The van der Waals surface area contributed by atoms with E-state index in [0.717, 1.165) is 65.9 Å². The molecule has 0 unspecified atom stereocenters. The molecule has 1 heterocycles. The number of ketones is 2. The maximum atomic E-state index is 13.4. The SMILES string of the molecule is CCOc1cc(C2C3=C(CCCC3=O)N(CC)C3=C2C(=O)CCC3)cc(Br)c1OCC(=O)Nc1ccc(C)cc1. The maximum Gasteiger partial charge on any atom is 0.262 e. The minimum atomic E-state index is -0.442. The summed E-state index contributed by atoms with van der Waals surface area (Å²) in [5.74, 6) is 0.351. The van der Waals surface area contributed by atoms with Crippen LogP contribution >= 0.6 is 15.9 Å². The molecule has 2 aromatic rings. The van der Waals surface area contributed by atoms with Crippen LogP contribution in [0.25, 0.3) is 0 Å². The number of amides is 1. The van der Waals surface area contributed by atoms with E-state index in [1.807, 2.05) is 50.2 Å². The number of carbonyl (C=O) groups is 3. The van der Waals surface area contributed by atoms with Crippen molar-refractivity contribution < 1.29 is 23.9 Å². The van der Waals surface area contributed by atoms with Gasteiger partial charge in [-0.05, 0) is 92.2 Å². The van der Waals surface area contributed by atoms with Crippen molar-refractivity contribution in [3.05, 3.63) is 74.5 Å². The minimum absolute atomic E-state index is 0.108. The van der Waals surface area contributed by atoms with Crippen LogP contribution in [0.15, 0.2) is 63.4 Å². The van der Waals surface area contributed by atoms with Crippen molar-refractivity contribution in [1.29, 1.82) is 0 Å². The van der Waals surface area contributed by atoms with Gasteiger partial charge in [-0.25, -0.2) is 0 Å². The molecule has 1 N–H and O–H groups in total. The van der Waals surface area contributed by atoms with Gasteiger partial charge in [0.15, 0.2) is 29.7 Å². The molecule has 2 aromatic carbocycles. The average molecular weight is 608 g/mol. The molecule has 8 heteroatoms. The molecule has 40 heavy (non-hydrogen) atoms.